The zero-order chi connectivity index (χ0) is 16.1. The van der Waals surface area contributed by atoms with E-state index in [0.717, 1.165) is 33.4 Å². The summed E-state index contributed by atoms with van der Waals surface area (Å²) in [6.45, 7) is 3.55. The maximum atomic E-state index is 12.2. The minimum absolute atomic E-state index is 0.00937. The van der Waals surface area contributed by atoms with Gasteiger partial charge in [0.15, 0.2) is 0 Å². The second-order valence-corrected chi connectivity index (χ2v) is 7.32. The monoisotopic (exact) mass is 380 g/mol. The van der Waals surface area contributed by atoms with Crippen molar-refractivity contribution in [2.45, 2.75) is 19.9 Å². The summed E-state index contributed by atoms with van der Waals surface area (Å²) >= 11 is 4.91. The smallest absolute Gasteiger partial charge is 0.261 e. The van der Waals surface area contributed by atoms with Crippen molar-refractivity contribution in [3.63, 3.8) is 0 Å². The van der Waals surface area contributed by atoms with Gasteiger partial charge in [0.25, 0.3) is 5.91 Å². The number of hydrogen-bond donors (Lipinski definition) is 1. The van der Waals surface area contributed by atoms with E-state index in [0.29, 0.717) is 6.54 Å². The van der Waals surface area contributed by atoms with Crippen LogP contribution in [0, 0.1) is 6.92 Å². The first kappa shape index (κ1) is 17.2. The Morgan fingerprint density at radius 2 is 1.86 bits per heavy atom. The number of halogens is 1. The normalized spacial score (nSPS) is 11.0. The van der Waals surface area contributed by atoms with Gasteiger partial charge in [-0.25, -0.2) is 0 Å². The summed E-state index contributed by atoms with van der Waals surface area (Å²) in [4.78, 5) is 15.1. The van der Waals surface area contributed by atoms with Crippen molar-refractivity contribution < 1.29 is 4.79 Å². The van der Waals surface area contributed by atoms with E-state index < -0.39 is 0 Å². The summed E-state index contributed by atoms with van der Waals surface area (Å²) in [5.41, 5.74) is 3.44. The van der Waals surface area contributed by atoms with E-state index >= 15 is 0 Å². The van der Waals surface area contributed by atoms with Crippen LogP contribution < -0.4 is 5.32 Å². The molecule has 1 aromatic heterocycles. The molecule has 0 spiro atoms. The molecule has 0 atom stereocenters. The number of thiophene rings is 1. The molecule has 2 rings (SSSR count). The number of nitrogens with one attached hydrogen (secondary N) is 1. The second kappa shape index (κ2) is 7.90. The van der Waals surface area contributed by atoms with E-state index in [-0.39, 0.29) is 5.91 Å². The van der Waals surface area contributed by atoms with Crippen LogP contribution >= 0.6 is 27.3 Å². The number of benzene rings is 1. The first-order valence-electron chi connectivity index (χ1n) is 7.21. The van der Waals surface area contributed by atoms with Crippen molar-refractivity contribution in [2.75, 3.05) is 20.6 Å². The molecular formula is C17H21BrN2OS. The first-order chi connectivity index (χ1) is 10.5. The first-order valence-corrected chi connectivity index (χ1v) is 8.89. The summed E-state index contributed by atoms with van der Waals surface area (Å²) in [5.74, 6) is -0.00937. The molecule has 1 N–H and O–H groups in total. The number of carbonyl (C=O) groups excluding carboxylic acids is 1. The fraction of sp³-hybridized carbons (Fsp3) is 0.353. The average molecular weight is 381 g/mol. The number of amides is 1. The van der Waals surface area contributed by atoms with E-state index in [1.54, 1.807) is 0 Å². The molecule has 0 aliphatic heterocycles. The lowest BCUT2D eigenvalue weighted by Crippen LogP contribution is -2.22. The molecule has 0 saturated heterocycles. The van der Waals surface area contributed by atoms with Gasteiger partial charge in [0.05, 0.1) is 4.88 Å². The highest BCUT2D eigenvalue weighted by Gasteiger charge is 2.13. The minimum atomic E-state index is -0.00937. The molecule has 1 amide bonds. The number of rotatable bonds is 6. The van der Waals surface area contributed by atoms with E-state index in [1.807, 2.05) is 12.3 Å². The highest BCUT2D eigenvalue weighted by molar-refractivity contribution is 9.10. The molecule has 3 nitrogen and oxygen atoms in total. The molecule has 1 aromatic carbocycles. The molecule has 0 unspecified atom stereocenters. The van der Waals surface area contributed by atoms with E-state index in [9.17, 15) is 4.79 Å². The zero-order valence-corrected chi connectivity index (χ0v) is 15.6. The Labute approximate surface area is 144 Å². The van der Waals surface area contributed by atoms with E-state index in [4.69, 9.17) is 0 Å². The van der Waals surface area contributed by atoms with Crippen molar-refractivity contribution in [2.24, 2.45) is 0 Å². The van der Waals surface area contributed by atoms with Crippen molar-refractivity contribution >= 4 is 33.2 Å². The van der Waals surface area contributed by atoms with Gasteiger partial charge < -0.3 is 10.2 Å². The lowest BCUT2D eigenvalue weighted by atomic mass is 10.1. The second-order valence-electron chi connectivity index (χ2n) is 5.59. The summed E-state index contributed by atoms with van der Waals surface area (Å²) < 4.78 is 0.993. The Hall–Kier alpha value is -1.17. The Morgan fingerprint density at radius 1 is 1.23 bits per heavy atom. The highest BCUT2D eigenvalue weighted by atomic mass is 79.9. The van der Waals surface area contributed by atoms with Gasteiger partial charge >= 0.3 is 0 Å². The fourth-order valence-electron chi connectivity index (χ4n) is 2.06. The van der Waals surface area contributed by atoms with Crippen LogP contribution in [0.5, 0.6) is 0 Å². The summed E-state index contributed by atoms with van der Waals surface area (Å²) in [7, 11) is 4.16. The molecule has 0 saturated carbocycles. The SMILES string of the molecule is Cc1c(Br)csc1C(=O)NCc1ccc(CCN(C)C)cc1. The summed E-state index contributed by atoms with van der Waals surface area (Å²) in [6.07, 6.45) is 1.04. The lowest BCUT2D eigenvalue weighted by molar-refractivity contribution is 0.0954. The quantitative estimate of drug-likeness (QED) is 0.824. The van der Waals surface area contributed by atoms with Gasteiger partial charge in [-0.2, -0.15) is 0 Å². The molecule has 0 fully saturated rings. The minimum Gasteiger partial charge on any atom is -0.347 e. The molecule has 5 heteroatoms. The van der Waals surface area contributed by atoms with Crippen molar-refractivity contribution in [1.29, 1.82) is 0 Å². The number of nitrogens with zero attached hydrogens (tertiary/aromatic N) is 1. The van der Waals surface area contributed by atoms with Gasteiger partial charge in [-0.15, -0.1) is 11.3 Å². The third-order valence-corrected chi connectivity index (χ3v) is 5.72. The molecule has 2 aromatic rings. The molecule has 0 radical (unpaired) electrons. The van der Waals surface area contributed by atoms with Gasteiger partial charge in [-0.05, 0) is 60.1 Å². The van der Waals surface area contributed by atoms with Gasteiger partial charge in [-0.1, -0.05) is 24.3 Å². The zero-order valence-electron chi connectivity index (χ0n) is 13.1. The van der Waals surface area contributed by atoms with Gasteiger partial charge in [0.2, 0.25) is 0 Å². The number of likely N-dealkylation sites (N-methyl/N-ethyl adjacent to an activating group) is 1. The van der Waals surface area contributed by atoms with Crippen LogP contribution in [-0.4, -0.2) is 31.4 Å². The van der Waals surface area contributed by atoms with Gasteiger partial charge in [0, 0.05) is 22.9 Å². The summed E-state index contributed by atoms with van der Waals surface area (Å²) in [6, 6.07) is 8.45. The van der Waals surface area contributed by atoms with Crippen LogP contribution in [0.3, 0.4) is 0 Å². The Morgan fingerprint density at radius 3 is 2.41 bits per heavy atom. The van der Waals surface area contributed by atoms with Crippen molar-refractivity contribution in [1.82, 2.24) is 10.2 Å². The topological polar surface area (TPSA) is 32.3 Å². The molecule has 118 valence electrons. The van der Waals surface area contributed by atoms with Crippen LogP contribution in [-0.2, 0) is 13.0 Å². The van der Waals surface area contributed by atoms with E-state index in [1.165, 1.54) is 16.9 Å². The van der Waals surface area contributed by atoms with Gasteiger partial charge in [0.1, 0.15) is 0 Å². The molecule has 22 heavy (non-hydrogen) atoms. The largest absolute Gasteiger partial charge is 0.347 e. The molecular weight excluding hydrogens is 360 g/mol. The van der Waals surface area contributed by atoms with Crippen LogP contribution in [0.1, 0.15) is 26.4 Å². The third kappa shape index (κ3) is 4.66. The number of carbonyl (C=O) groups is 1. The fourth-order valence-corrected chi connectivity index (χ4v) is 3.53. The molecule has 0 aliphatic rings. The molecule has 0 bridgehead atoms. The van der Waals surface area contributed by atoms with Crippen LogP contribution in [0.2, 0.25) is 0 Å². The number of hydrogen-bond acceptors (Lipinski definition) is 3. The Bertz CT molecular complexity index is 635. The predicted octanol–water partition coefficient (Wildman–Crippen LogP) is 3.85. The van der Waals surface area contributed by atoms with Gasteiger partial charge in [-0.3, -0.25) is 4.79 Å². The predicted molar refractivity (Wildman–Crippen MR) is 96.6 cm³/mol. The maximum absolute atomic E-state index is 12.2. The van der Waals surface area contributed by atoms with Crippen molar-refractivity contribution in [3.8, 4) is 0 Å². The highest BCUT2D eigenvalue weighted by Crippen LogP contribution is 2.26. The van der Waals surface area contributed by atoms with Crippen LogP contribution in [0.25, 0.3) is 0 Å². The lowest BCUT2D eigenvalue weighted by Gasteiger charge is -2.10. The third-order valence-electron chi connectivity index (χ3n) is 3.51. The average Bonchev–Trinajstić information content (AvgIpc) is 2.83. The standard InChI is InChI=1S/C17H21BrN2OS/c1-12-15(18)11-22-16(12)17(21)19-10-14-6-4-13(5-7-14)8-9-20(2)3/h4-7,11H,8-10H2,1-3H3,(H,19,21). The van der Waals surface area contributed by atoms with Crippen LogP contribution in [0.4, 0.5) is 0 Å². The maximum Gasteiger partial charge on any atom is 0.261 e. The van der Waals surface area contributed by atoms with Crippen molar-refractivity contribution in [3.05, 3.63) is 55.7 Å². The van der Waals surface area contributed by atoms with Crippen LogP contribution in [0.15, 0.2) is 34.1 Å². The van der Waals surface area contributed by atoms with E-state index in [2.05, 4.69) is 64.5 Å². The molecule has 1 heterocycles. The Kier molecular flexibility index (Phi) is 6.17. The Balaban J connectivity index is 1.89. The molecule has 0 aliphatic carbocycles. The summed E-state index contributed by atoms with van der Waals surface area (Å²) in [5, 5.41) is 4.93.